The summed E-state index contributed by atoms with van der Waals surface area (Å²) < 4.78 is 42.6. The van der Waals surface area contributed by atoms with Gasteiger partial charge in [0.25, 0.3) is 5.56 Å². The van der Waals surface area contributed by atoms with Gasteiger partial charge in [0.15, 0.2) is 0 Å². The van der Waals surface area contributed by atoms with Gasteiger partial charge in [-0.15, -0.1) is 0 Å². The molecule has 1 aliphatic rings. The molecule has 182 valence electrons. The normalized spacial score (nSPS) is 17.7. The van der Waals surface area contributed by atoms with Crippen LogP contribution in [-0.2, 0) is 12.7 Å². The molecule has 1 atom stereocenters. The van der Waals surface area contributed by atoms with Gasteiger partial charge in [-0.2, -0.15) is 13.2 Å². The van der Waals surface area contributed by atoms with Crippen molar-refractivity contribution in [3.05, 3.63) is 64.2 Å². The van der Waals surface area contributed by atoms with Crippen LogP contribution < -0.4 is 5.56 Å². The molecule has 3 aromatic rings. The smallest absolute Gasteiger partial charge is 0.301 e. The van der Waals surface area contributed by atoms with Crippen molar-refractivity contribution in [2.24, 2.45) is 5.92 Å². The van der Waals surface area contributed by atoms with Crippen LogP contribution in [0.2, 0.25) is 0 Å². The van der Waals surface area contributed by atoms with Crippen LogP contribution in [0.3, 0.4) is 0 Å². The van der Waals surface area contributed by atoms with Gasteiger partial charge in [-0.05, 0) is 68.5 Å². The minimum atomic E-state index is -4.48. The summed E-state index contributed by atoms with van der Waals surface area (Å²) in [6.07, 6.45) is -2.34. The molecule has 7 heteroatoms. The summed E-state index contributed by atoms with van der Waals surface area (Å²) in [5, 5.41) is 0.357. The summed E-state index contributed by atoms with van der Waals surface area (Å²) in [4.78, 5) is 20.9. The molecule has 4 rings (SSSR count). The van der Waals surface area contributed by atoms with Crippen molar-refractivity contribution in [3.8, 4) is 11.1 Å². The van der Waals surface area contributed by atoms with Crippen molar-refractivity contribution in [3.63, 3.8) is 0 Å². The van der Waals surface area contributed by atoms with Gasteiger partial charge in [0, 0.05) is 25.0 Å². The van der Waals surface area contributed by atoms with Gasteiger partial charge in [-0.25, -0.2) is 4.98 Å². The number of nitrogens with zero attached hydrogens (tertiary/aromatic N) is 3. The molecule has 0 amide bonds. The molecule has 34 heavy (non-hydrogen) atoms. The molecule has 4 nitrogen and oxygen atoms in total. The molecular formula is C27H32F3N3O. The Balaban J connectivity index is 1.80. The zero-order chi connectivity index (χ0) is 24.6. The third-order valence-electron chi connectivity index (χ3n) is 6.77. The third kappa shape index (κ3) is 4.90. The Bertz CT molecular complexity index is 1230. The van der Waals surface area contributed by atoms with Crippen LogP contribution in [0.5, 0.6) is 0 Å². The van der Waals surface area contributed by atoms with Crippen LogP contribution in [0.15, 0.2) is 47.3 Å². The molecular weight excluding hydrogens is 439 g/mol. The van der Waals surface area contributed by atoms with E-state index in [0.717, 1.165) is 37.8 Å². The Kier molecular flexibility index (Phi) is 6.85. The molecule has 1 aromatic heterocycles. The molecule has 0 radical (unpaired) electrons. The van der Waals surface area contributed by atoms with Crippen molar-refractivity contribution in [1.82, 2.24) is 14.5 Å². The zero-order valence-corrected chi connectivity index (χ0v) is 20.2. The molecule has 2 heterocycles. The second-order valence-electron chi connectivity index (χ2n) is 9.91. The van der Waals surface area contributed by atoms with Crippen LogP contribution >= 0.6 is 0 Å². The van der Waals surface area contributed by atoms with Gasteiger partial charge >= 0.3 is 6.18 Å². The Morgan fingerprint density at radius 1 is 1.09 bits per heavy atom. The first-order chi connectivity index (χ1) is 16.1. The minimum Gasteiger partial charge on any atom is -0.301 e. The zero-order valence-electron chi connectivity index (χ0n) is 20.2. The van der Waals surface area contributed by atoms with Crippen LogP contribution in [0, 0.1) is 5.92 Å². The SMILES string of the molecule is CC(C)c1nc2ccc(-c3ccccc3C(F)(F)F)cc2c(=O)n1C[C@H]1CCCN(C(C)C)C1. The number of hydrogen-bond donors (Lipinski definition) is 0. The summed E-state index contributed by atoms with van der Waals surface area (Å²) in [5.41, 5.74) is 0.0623. The Morgan fingerprint density at radius 2 is 1.82 bits per heavy atom. The number of fused-ring (bicyclic) bond motifs is 1. The second-order valence-corrected chi connectivity index (χ2v) is 9.91. The Morgan fingerprint density at radius 3 is 2.50 bits per heavy atom. The van der Waals surface area contributed by atoms with E-state index in [9.17, 15) is 18.0 Å². The maximum Gasteiger partial charge on any atom is 0.417 e. The molecule has 0 N–H and O–H groups in total. The molecule has 0 spiro atoms. The van der Waals surface area contributed by atoms with E-state index in [0.29, 0.717) is 35.0 Å². The number of alkyl halides is 3. The minimum absolute atomic E-state index is 0.0486. The van der Waals surface area contributed by atoms with Crippen LogP contribution in [-0.4, -0.2) is 33.6 Å². The molecule has 1 fully saturated rings. The largest absolute Gasteiger partial charge is 0.417 e. The van der Waals surface area contributed by atoms with Crippen molar-refractivity contribution in [2.75, 3.05) is 13.1 Å². The Labute approximate surface area is 198 Å². The third-order valence-corrected chi connectivity index (χ3v) is 6.77. The standard InChI is InChI=1S/C27H32F3N3O/c1-17(2)25-31-24-12-11-20(21-9-5-6-10-23(21)27(28,29)30)14-22(24)26(34)33(25)16-19-8-7-13-32(15-19)18(3)4/h5-6,9-12,14,17-19H,7-8,13,15-16H2,1-4H3/t19-/m0/s1. The van der Waals surface area contributed by atoms with Crippen LogP contribution in [0.1, 0.15) is 57.8 Å². The van der Waals surface area contributed by atoms with E-state index in [2.05, 4.69) is 18.7 Å². The highest BCUT2D eigenvalue weighted by molar-refractivity contribution is 5.84. The molecule has 0 saturated carbocycles. The van der Waals surface area contributed by atoms with E-state index < -0.39 is 11.7 Å². The lowest BCUT2D eigenvalue weighted by atomic mass is 9.96. The molecule has 1 saturated heterocycles. The monoisotopic (exact) mass is 471 g/mol. The van der Waals surface area contributed by atoms with Crippen molar-refractivity contribution in [2.45, 2.75) is 65.2 Å². The van der Waals surface area contributed by atoms with E-state index in [1.54, 1.807) is 28.8 Å². The summed E-state index contributed by atoms with van der Waals surface area (Å²) in [7, 11) is 0. The molecule has 0 aliphatic carbocycles. The number of halogens is 3. The van der Waals surface area contributed by atoms with E-state index in [4.69, 9.17) is 4.98 Å². The number of likely N-dealkylation sites (tertiary alicyclic amines) is 1. The average molecular weight is 472 g/mol. The van der Waals surface area contributed by atoms with Gasteiger partial charge in [-0.3, -0.25) is 9.36 Å². The second kappa shape index (κ2) is 9.53. The van der Waals surface area contributed by atoms with Gasteiger partial charge in [0.05, 0.1) is 16.5 Å². The summed E-state index contributed by atoms with van der Waals surface area (Å²) in [6.45, 7) is 11.0. The molecule has 0 unspecified atom stereocenters. The van der Waals surface area contributed by atoms with E-state index in [1.165, 1.54) is 12.1 Å². The predicted molar refractivity (Wildman–Crippen MR) is 130 cm³/mol. The number of piperidine rings is 1. The predicted octanol–water partition coefficient (Wildman–Crippen LogP) is 6.33. The number of hydrogen-bond acceptors (Lipinski definition) is 3. The topological polar surface area (TPSA) is 38.1 Å². The molecule has 2 aromatic carbocycles. The van der Waals surface area contributed by atoms with Gasteiger partial charge < -0.3 is 4.90 Å². The lowest BCUT2D eigenvalue weighted by Gasteiger charge is -2.36. The number of benzene rings is 2. The lowest BCUT2D eigenvalue weighted by molar-refractivity contribution is -0.137. The Hall–Kier alpha value is -2.67. The first-order valence-corrected chi connectivity index (χ1v) is 12.0. The first kappa shape index (κ1) is 24.5. The van der Waals surface area contributed by atoms with Crippen LogP contribution in [0.25, 0.3) is 22.0 Å². The quantitative estimate of drug-likeness (QED) is 0.437. The fourth-order valence-electron chi connectivity index (χ4n) is 4.98. The van der Waals surface area contributed by atoms with Crippen molar-refractivity contribution >= 4 is 10.9 Å². The molecule has 1 aliphatic heterocycles. The number of rotatable bonds is 5. The highest BCUT2D eigenvalue weighted by Crippen LogP contribution is 2.37. The highest BCUT2D eigenvalue weighted by atomic mass is 19.4. The molecule has 0 bridgehead atoms. The summed E-state index contributed by atoms with van der Waals surface area (Å²) in [6, 6.07) is 10.8. The summed E-state index contributed by atoms with van der Waals surface area (Å²) in [5.74, 6) is 1.11. The maximum absolute atomic E-state index is 13.7. The van der Waals surface area contributed by atoms with Crippen molar-refractivity contribution < 1.29 is 13.2 Å². The van der Waals surface area contributed by atoms with E-state index >= 15 is 0 Å². The highest BCUT2D eigenvalue weighted by Gasteiger charge is 2.33. The van der Waals surface area contributed by atoms with Crippen molar-refractivity contribution in [1.29, 1.82) is 0 Å². The van der Waals surface area contributed by atoms with E-state index in [-0.39, 0.29) is 17.0 Å². The van der Waals surface area contributed by atoms with Gasteiger partial charge in [-0.1, -0.05) is 38.1 Å². The fraction of sp³-hybridized carbons (Fsp3) is 0.481. The fourth-order valence-corrected chi connectivity index (χ4v) is 4.98. The lowest BCUT2D eigenvalue weighted by Crippen LogP contribution is -2.42. The number of aromatic nitrogens is 2. The van der Waals surface area contributed by atoms with E-state index in [1.807, 2.05) is 13.8 Å². The van der Waals surface area contributed by atoms with Gasteiger partial charge in [0.2, 0.25) is 0 Å². The van der Waals surface area contributed by atoms with Gasteiger partial charge in [0.1, 0.15) is 5.82 Å². The maximum atomic E-state index is 13.7. The van der Waals surface area contributed by atoms with Crippen LogP contribution in [0.4, 0.5) is 13.2 Å². The summed E-state index contributed by atoms with van der Waals surface area (Å²) >= 11 is 0. The average Bonchev–Trinajstić information content (AvgIpc) is 2.80. The first-order valence-electron chi connectivity index (χ1n) is 12.0.